The lowest BCUT2D eigenvalue weighted by Crippen LogP contribution is -2.24. The molecule has 2 N–H and O–H groups in total. The van der Waals surface area contributed by atoms with E-state index in [0.29, 0.717) is 0 Å². The van der Waals surface area contributed by atoms with Crippen molar-refractivity contribution >= 4 is 5.91 Å². The molecule has 1 aliphatic heterocycles. The highest BCUT2D eigenvalue weighted by Crippen LogP contribution is 2.36. The fourth-order valence-electron chi connectivity index (χ4n) is 2.41. The largest absolute Gasteiger partial charge is 0.388 e. The van der Waals surface area contributed by atoms with Crippen molar-refractivity contribution in [3.63, 3.8) is 0 Å². The van der Waals surface area contributed by atoms with Crippen molar-refractivity contribution in [1.82, 2.24) is 5.32 Å². The van der Waals surface area contributed by atoms with Gasteiger partial charge in [-0.15, -0.1) is 0 Å². The third-order valence-corrected chi connectivity index (χ3v) is 4.25. The number of carbonyl (C=O) groups is 1. The van der Waals surface area contributed by atoms with Crippen LogP contribution in [-0.4, -0.2) is 17.6 Å². The number of carbonyl (C=O) groups excluding carboxylic acids is 1. The number of rotatable bonds is 3. The maximum absolute atomic E-state index is 12.0. The van der Waals surface area contributed by atoms with Crippen LogP contribution in [0.4, 0.5) is 0 Å². The highest BCUT2D eigenvalue weighted by molar-refractivity contribution is 5.96. The first-order valence-corrected chi connectivity index (χ1v) is 7.05. The van der Waals surface area contributed by atoms with Gasteiger partial charge in [0.25, 0.3) is 5.91 Å². The molecule has 1 aromatic carbocycles. The number of aliphatic hydroxyl groups excluding tert-OH is 1. The Balaban J connectivity index is 2.37. The molecule has 2 rings (SSSR count). The molecule has 1 aromatic rings. The predicted molar refractivity (Wildman–Crippen MR) is 76.1 cm³/mol. The molecule has 1 unspecified atom stereocenters. The van der Waals surface area contributed by atoms with E-state index in [-0.39, 0.29) is 11.3 Å². The number of hydrogen-bond donors (Lipinski definition) is 2. The second-order valence-electron chi connectivity index (χ2n) is 6.02. The molecule has 0 spiro atoms. The zero-order valence-electron chi connectivity index (χ0n) is 12.0. The van der Waals surface area contributed by atoms with Gasteiger partial charge in [-0.2, -0.15) is 0 Å². The molecule has 19 heavy (non-hydrogen) atoms. The minimum atomic E-state index is -0.543. The Morgan fingerprint density at radius 1 is 1.42 bits per heavy atom. The zero-order valence-corrected chi connectivity index (χ0v) is 12.0. The minimum Gasteiger partial charge on any atom is -0.388 e. The maximum atomic E-state index is 12.0. The van der Waals surface area contributed by atoms with Crippen LogP contribution in [0, 0.1) is 5.41 Å². The number of nitrogens with one attached hydrogen (secondary N) is 1. The minimum absolute atomic E-state index is 0.0177. The summed E-state index contributed by atoms with van der Waals surface area (Å²) < 4.78 is 0. The van der Waals surface area contributed by atoms with Gasteiger partial charge in [0.15, 0.2) is 0 Å². The smallest absolute Gasteiger partial charge is 0.251 e. The first-order chi connectivity index (χ1) is 8.95. The van der Waals surface area contributed by atoms with E-state index in [1.54, 1.807) is 0 Å². The molecule has 3 nitrogen and oxygen atoms in total. The molecule has 0 aliphatic carbocycles. The highest BCUT2D eigenvalue weighted by Gasteiger charge is 2.28. The van der Waals surface area contributed by atoms with Crippen LogP contribution in [0.3, 0.4) is 0 Å². The van der Waals surface area contributed by atoms with Gasteiger partial charge in [0.2, 0.25) is 0 Å². The van der Waals surface area contributed by atoms with Crippen LogP contribution in [0.1, 0.15) is 61.2 Å². The van der Waals surface area contributed by atoms with E-state index < -0.39 is 6.10 Å². The lowest BCUT2D eigenvalue weighted by molar-refractivity contribution is 0.0465. The molecule has 0 bridgehead atoms. The van der Waals surface area contributed by atoms with Gasteiger partial charge in [0.05, 0.1) is 6.10 Å². The molecule has 1 aliphatic rings. The molecular weight excluding hydrogens is 238 g/mol. The van der Waals surface area contributed by atoms with Gasteiger partial charge < -0.3 is 10.4 Å². The summed E-state index contributed by atoms with van der Waals surface area (Å²) >= 11 is 0. The van der Waals surface area contributed by atoms with Crippen LogP contribution >= 0.6 is 0 Å². The fourth-order valence-corrected chi connectivity index (χ4v) is 2.41. The summed E-state index contributed by atoms with van der Waals surface area (Å²) in [5.41, 5.74) is 2.46. The Morgan fingerprint density at radius 2 is 2.16 bits per heavy atom. The van der Waals surface area contributed by atoms with Crippen molar-refractivity contribution in [1.29, 1.82) is 0 Å². The van der Waals surface area contributed by atoms with Gasteiger partial charge >= 0.3 is 0 Å². The van der Waals surface area contributed by atoms with Crippen molar-refractivity contribution in [3.8, 4) is 0 Å². The van der Waals surface area contributed by atoms with E-state index in [1.165, 1.54) is 0 Å². The quantitative estimate of drug-likeness (QED) is 0.879. The maximum Gasteiger partial charge on any atom is 0.251 e. The number of amides is 1. The van der Waals surface area contributed by atoms with Crippen molar-refractivity contribution in [3.05, 3.63) is 34.9 Å². The van der Waals surface area contributed by atoms with Crippen molar-refractivity contribution in [2.45, 2.75) is 46.1 Å². The molecule has 1 atom stereocenters. The molecule has 1 heterocycles. The van der Waals surface area contributed by atoms with Gasteiger partial charge in [-0.1, -0.05) is 32.9 Å². The number of aryl methyl sites for hydroxylation is 1. The monoisotopic (exact) mass is 261 g/mol. The second-order valence-corrected chi connectivity index (χ2v) is 6.02. The van der Waals surface area contributed by atoms with Gasteiger partial charge in [-0.3, -0.25) is 4.79 Å². The first kappa shape index (κ1) is 14.1. The third kappa shape index (κ3) is 2.81. The molecule has 0 saturated carbocycles. The van der Waals surface area contributed by atoms with Crippen molar-refractivity contribution in [2.24, 2.45) is 5.41 Å². The first-order valence-electron chi connectivity index (χ1n) is 7.05. The Kier molecular flexibility index (Phi) is 3.95. The lowest BCUT2D eigenvalue weighted by atomic mass is 9.80. The summed E-state index contributed by atoms with van der Waals surface area (Å²) in [6.07, 6.45) is 2.24. The molecule has 0 radical (unpaired) electrons. The third-order valence-electron chi connectivity index (χ3n) is 4.25. The lowest BCUT2D eigenvalue weighted by Gasteiger charge is -2.30. The number of hydrogen-bond acceptors (Lipinski definition) is 2. The van der Waals surface area contributed by atoms with Crippen LogP contribution in [-0.2, 0) is 6.42 Å². The highest BCUT2D eigenvalue weighted by atomic mass is 16.3. The average Bonchev–Trinajstić information content (AvgIpc) is 2.59. The standard InChI is InChI=1S/C16H23NO2/c1-4-16(2,3)14(18)12-8-7-11-6-5-9-17-15(19)13(11)10-12/h7-8,10,14,18H,4-6,9H2,1-3H3,(H,17,19). The SMILES string of the molecule is CCC(C)(C)C(O)c1ccc2c(c1)C(=O)NCCC2. The summed E-state index contributed by atoms with van der Waals surface area (Å²) in [5.74, 6) is -0.0177. The molecule has 0 saturated heterocycles. The van der Waals surface area contributed by atoms with Gasteiger partial charge in [-0.05, 0) is 41.9 Å². The molecule has 1 amide bonds. The van der Waals surface area contributed by atoms with Gasteiger partial charge in [-0.25, -0.2) is 0 Å². The van der Waals surface area contributed by atoms with Crippen LogP contribution in [0.5, 0.6) is 0 Å². The Hall–Kier alpha value is -1.35. The van der Waals surface area contributed by atoms with Crippen LogP contribution < -0.4 is 5.32 Å². The molecule has 0 aromatic heterocycles. The molecular formula is C16H23NO2. The molecule has 0 fully saturated rings. The topological polar surface area (TPSA) is 49.3 Å². The predicted octanol–water partition coefficient (Wildman–Crippen LogP) is 2.83. The van der Waals surface area contributed by atoms with E-state index in [4.69, 9.17) is 0 Å². The van der Waals surface area contributed by atoms with Gasteiger partial charge in [0.1, 0.15) is 0 Å². The Morgan fingerprint density at radius 3 is 2.84 bits per heavy atom. The van der Waals surface area contributed by atoms with E-state index in [2.05, 4.69) is 12.2 Å². The summed E-state index contributed by atoms with van der Waals surface area (Å²) in [5, 5.41) is 13.4. The van der Waals surface area contributed by atoms with Crippen LogP contribution in [0.2, 0.25) is 0 Å². The Labute approximate surface area is 115 Å². The van der Waals surface area contributed by atoms with Crippen molar-refractivity contribution < 1.29 is 9.90 Å². The Bertz CT molecular complexity index is 480. The van der Waals surface area contributed by atoms with E-state index >= 15 is 0 Å². The average molecular weight is 261 g/mol. The summed E-state index contributed by atoms with van der Waals surface area (Å²) in [4.78, 5) is 12.0. The number of fused-ring (bicyclic) bond motifs is 1. The summed E-state index contributed by atoms with van der Waals surface area (Å²) in [7, 11) is 0. The second kappa shape index (κ2) is 5.33. The van der Waals surface area contributed by atoms with Crippen LogP contribution in [0.25, 0.3) is 0 Å². The normalized spacial score (nSPS) is 17.4. The number of aliphatic hydroxyl groups is 1. The summed E-state index contributed by atoms with van der Waals surface area (Å²) in [6, 6.07) is 5.81. The molecule has 104 valence electrons. The van der Waals surface area contributed by atoms with E-state index in [1.807, 2.05) is 32.0 Å². The summed E-state index contributed by atoms with van der Waals surface area (Å²) in [6.45, 7) is 6.89. The van der Waals surface area contributed by atoms with E-state index in [0.717, 1.165) is 42.5 Å². The molecule has 3 heteroatoms. The van der Waals surface area contributed by atoms with Crippen molar-refractivity contribution in [2.75, 3.05) is 6.54 Å². The zero-order chi connectivity index (χ0) is 14.0. The van der Waals surface area contributed by atoms with E-state index in [9.17, 15) is 9.90 Å². The fraction of sp³-hybridized carbons (Fsp3) is 0.562. The van der Waals surface area contributed by atoms with Crippen LogP contribution in [0.15, 0.2) is 18.2 Å². The van der Waals surface area contributed by atoms with Gasteiger partial charge in [0, 0.05) is 12.1 Å². The number of benzene rings is 1.